The zero-order valence-electron chi connectivity index (χ0n) is 9.61. The second-order valence-corrected chi connectivity index (χ2v) is 4.70. The summed E-state index contributed by atoms with van der Waals surface area (Å²) >= 11 is 12.2. The highest BCUT2D eigenvalue weighted by molar-refractivity contribution is 6.33. The minimum Gasteiger partial charge on any atom is -0.340 e. The van der Waals surface area contributed by atoms with Crippen LogP contribution in [0.5, 0.6) is 0 Å². The van der Waals surface area contributed by atoms with Crippen LogP contribution in [-0.4, -0.2) is 16.6 Å². The molecule has 1 aromatic heterocycles. The van der Waals surface area contributed by atoms with E-state index in [4.69, 9.17) is 23.2 Å². The molecule has 0 fully saturated rings. The van der Waals surface area contributed by atoms with Crippen molar-refractivity contribution in [1.82, 2.24) is 14.9 Å². The van der Waals surface area contributed by atoms with Gasteiger partial charge in [0.2, 0.25) is 0 Å². The molecule has 1 atom stereocenters. The summed E-state index contributed by atoms with van der Waals surface area (Å²) in [6, 6.07) is 5.38. The molecule has 0 radical (unpaired) electrons. The van der Waals surface area contributed by atoms with Gasteiger partial charge in [0.05, 0.1) is 18.1 Å². The van der Waals surface area contributed by atoms with Crippen molar-refractivity contribution < 1.29 is 0 Å². The van der Waals surface area contributed by atoms with Crippen LogP contribution in [0.15, 0.2) is 30.7 Å². The van der Waals surface area contributed by atoms with E-state index in [0.29, 0.717) is 10.0 Å². The average molecular weight is 270 g/mol. The molecule has 1 aromatic carbocycles. The van der Waals surface area contributed by atoms with Crippen LogP contribution < -0.4 is 5.32 Å². The highest BCUT2D eigenvalue weighted by Gasteiger charge is 2.17. The number of hydrogen-bond acceptors (Lipinski definition) is 2. The van der Waals surface area contributed by atoms with Gasteiger partial charge in [-0.1, -0.05) is 23.2 Å². The van der Waals surface area contributed by atoms with E-state index in [1.807, 2.05) is 30.9 Å². The summed E-state index contributed by atoms with van der Waals surface area (Å²) in [5.74, 6) is 0. The first-order valence-electron chi connectivity index (χ1n) is 5.22. The Morgan fingerprint density at radius 3 is 2.71 bits per heavy atom. The zero-order valence-corrected chi connectivity index (χ0v) is 11.1. The van der Waals surface area contributed by atoms with Crippen LogP contribution in [0.1, 0.15) is 17.3 Å². The van der Waals surface area contributed by atoms with E-state index in [0.717, 1.165) is 11.3 Å². The molecular weight excluding hydrogens is 257 g/mol. The molecule has 1 N–H and O–H groups in total. The number of benzene rings is 1. The molecular formula is C12H13Cl2N3. The van der Waals surface area contributed by atoms with Gasteiger partial charge < -0.3 is 9.88 Å². The van der Waals surface area contributed by atoms with Crippen molar-refractivity contribution in [1.29, 1.82) is 0 Å². The lowest BCUT2D eigenvalue weighted by Gasteiger charge is -2.16. The first kappa shape index (κ1) is 12.4. The fraction of sp³-hybridized carbons (Fsp3) is 0.250. The third-order valence-corrected chi connectivity index (χ3v) is 3.16. The number of aromatic nitrogens is 2. The highest BCUT2D eigenvalue weighted by atomic mass is 35.5. The first-order chi connectivity index (χ1) is 8.11. The fourth-order valence-electron chi connectivity index (χ4n) is 1.78. The lowest BCUT2D eigenvalue weighted by molar-refractivity contribution is 0.674. The van der Waals surface area contributed by atoms with Crippen LogP contribution in [0.2, 0.25) is 10.0 Å². The third-order valence-electron chi connectivity index (χ3n) is 2.58. The summed E-state index contributed by atoms with van der Waals surface area (Å²) in [5.41, 5.74) is 1.85. The minimum absolute atomic E-state index is 0.0533. The van der Waals surface area contributed by atoms with E-state index in [9.17, 15) is 0 Å². The monoisotopic (exact) mass is 269 g/mol. The van der Waals surface area contributed by atoms with E-state index in [1.165, 1.54) is 0 Å². The topological polar surface area (TPSA) is 29.9 Å². The third kappa shape index (κ3) is 2.63. The molecule has 2 aromatic rings. The van der Waals surface area contributed by atoms with Crippen molar-refractivity contribution >= 4 is 23.2 Å². The summed E-state index contributed by atoms with van der Waals surface area (Å²) in [5, 5.41) is 4.54. The minimum atomic E-state index is -0.0533. The molecule has 0 aliphatic rings. The average Bonchev–Trinajstić information content (AvgIpc) is 2.71. The van der Waals surface area contributed by atoms with Crippen LogP contribution in [0.4, 0.5) is 0 Å². The summed E-state index contributed by atoms with van der Waals surface area (Å²) in [4.78, 5) is 4.33. The van der Waals surface area contributed by atoms with Crippen LogP contribution in [0.25, 0.3) is 0 Å². The van der Waals surface area contributed by atoms with E-state index in [-0.39, 0.29) is 6.04 Å². The van der Waals surface area contributed by atoms with E-state index in [2.05, 4.69) is 10.3 Å². The molecule has 0 saturated carbocycles. The van der Waals surface area contributed by atoms with Gasteiger partial charge in [0.15, 0.2) is 0 Å². The van der Waals surface area contributed by atoms with Gasteiger partial charge in [0, 0.05) is 23.3 Å². The second kappa shape index (κ2) is 5.08. The number of halogens is 2. The van der Waals surface area contributed by atoms with E-state index >= 15 is 0 Å². The predicted molar refractivity (Wildman–Crippen MR) is 70.6 cm³/mol. The maximum absolute atomic E-state index is 6.19. The van der Waals surface area contributed by atoms with Crippen molar-refractivity contribution in [2.45, 2.75) is 6.04 Å². The second-order valence-electron chi connectivity index (χ2n) is 3.85. The molecule has 2 rings (SSSR count). The van der Waals surface area contributed by atoms with E-state index in [1.54, 1.807) is 18.5 Å². The van der Waals surface area contributed by atoms with Crippen molar-refractivity contribution in [2.75, 3.05) is 7.05 Å². The maximum atomic E-state index is 6.19. The molecule has 1 heterocycles. The van der Waals surface area contributed by atoms with Gasteiger partial charge >= 0.3 is 0 Å². The Morgan fingerprint density at radius 2 is 2.12 bits per heavy atom. The van der Waals surface area contributed by atoms with Crippen molar-refractivity contribution in [3.05, 3.63) is 52.0 Å². The molecule has 17 heavy (non-hydrogen) atoms. The molecule has 3 nitrogen and oxygen atoms in total. The van der Waals surface area contributed by atoms with Crippen LogP contribution in [0, 0.1) is 0 Å². The summed E-state index contributed by atoms with van der Waals surface area (Å²) in [6.07, 6.45) is 3.72. The van der Waals surface area contributed by atoms with Gasteiger partial charge in [-0.3, -0.25) is 0 Å². The first-order valence-corrected chi connectivity index (χ1v) is 5.97. The predicted octanol–water partition coefficient (Wildman–Crippen LogP) is 3.04. The highest BCUT2D eigenvalue weighted by Crippen LogP contribution is 2.29. The Balaban J connectivity index is 2.45. The van der Waals surface area contributed by atoms with Crippen LogP contribution >= 0.6 is 23.2 Å². The standard InChI is InChI=1S/C12H13Cl2N3/c1-15-12(11-6-17(2)7-16-11)9-5-8(13)3-4-10(9)14/h3-7,12,15H,1-2H3. The molecule has 0 amide bonds. The zero-order chi connectivity index (χ0) is 12.4. The number of nitrogens with zero attached hydrogens (tertiary/aromatic N) is 2. The molecule has 5 heteroatoms. The van der Waals surface area contributed by atoms with Crippen molar-refractivity contribution in [2.24, 2.45) is 7.05 Å². The lowest BCUT2D eigenvalue weighted by Crippen LogP contribution is -2.18. The number of nitrogens with one attached hydrogen (secondary N) is 1. The molecule has 0 spiro atoms. The smallest absolute Gasteiger partial charge is 0.0947 e. The summed E-state index contributed by atoms with van der Waals surface area (Å²) < 4.78 is 1.90. The summed E-state index contributed by atoms with van der Waals surface area (Å²) in [7, 11) is 3.80. The Labute approximate surface area is 110 Å². The van der Waals surface area contributed by atoms with Gasteiger partial charge in [-0.15, -0.1) is 0 Å². The molecule has 90 valence electrons. The van der Waals surface area contributed by atoms with Crippen molar-refractivity contribution in [3.63, 3.8) is 0 Å². The number of rotatable bonds is 3. The normalized spacial score (nSPS) is 12.7. The number of aryl methyl sites for hydroxylation is 1. The molecule has 0 bridgehead atoms. The van der Waals surface area contributed by atoms with E-state index < -0.39 is 0 Å². The van der Waals surface area contributed by atoms with Gasteiger partial charge in [-0.05, 0) is 30.8 Å². The van der Waals surface area contributed by atoms with Gasteiger partial charge in [0.1, 0.15) is 0 Å². The van der Waals surface area contributed by atoms with Gasteiger partial charge in [-0.2, -0.15) is 0 Å². The fourth-order valence-corrected chi connectivity index (χ4v) is 2.19. The van der Waals surface area contributed by atoms with Gasteiger partial charge in [0.25, 0.3) is 0 Å². The summed E-state index contributed by atoms with van der Waals surface area (Å²) in [6.45, 7) is 0. The molecule has 1 unspecified atom stereocenters. The van der Waals surface area contributed by atoms with Crippen LogP contribution in [0.3, 0.4) is 0 Å². The Bertz CT molecular complexity index is 522. The van der Waals surface area contributed by atoms with Crippen LogP contribution in [-0.2, 0) is 7.05 Å². The Kier molecular flexibility index (Phi) is 3.72. The van der Waals surface area contributed by atoms with Gasteiger partial charge in [-0.25, -0.2) is 4.98 Å². The SMILES string of the molecule is CNC(c1cn(C)cn1)c1cc(Cl)ccc1Cl. The Hall–Kier alpha value is -1.03. The lowest BCUT2D eigenvalue weighted by atomic mass is 10.0. The molecule has 0 aliphatic heterocycles. The largest absolute Gasteiger partial charge is 0.340 e. The van der Waals surface area contributed by atoms with Crippen molar-refractivity contribution in [3.8, 4) is 0 Å². The number of imidazole rings is 1. The Morgan fingerprint density at radius 1 is 1.35 bits per heavy atom. The number of hydrogen-bond donors (Lipinski definition) is 1. The maximum Gasteiger partial charge on any atom is 0.0947 e. The molecule has 0 saturated heterocycles. The molecule has 0 aliphatic carbocycles. The quantitative estimate of drug-likeness (QED) is 0.929.